The van der Waals surface area contributed by atoms with Gasteiger partial charge in [0.25, 0.3) is 17.4 Å². The Morgan fingerprint density at radius 3 is 2.19 bits per heavy atom. The molecule has 0 saturated heterocycles. The van der Waals surface area contributed by atoms with Gasteiger partial charge in [0.2, 0.25) is 0 Å². The lowest BCUT2D eigenvalue weighted by Gasteiger charge is -2.17. The van der Waals surface area contributed by atoms with Crippen LogP contribution in [0.1, 0.15) is 48.6 Å². The third-order valence-corrected chi connectivity index (χ3v) is 6.31. The van der Waals surface area contributed by atoms with E-state index in [4.69, 9.17) is 0 Å². The minimum Gasteiger partial charge on any atom is -0.505 e. The van der Waals surface area contributed by atoms with Crippen LogP contribution in [0.3, 0.4) is 0 Å². The fourth-order valence-electron chi connectivity index (χ4n) is 4.53. The lowest BCUT2D eigenvalue weighted by molar-refractivity contribution is 0.0648. The number of halogens is 1. The van der Waals surface area contributed by atoms with Crippen molar-refractivity contribution in [1.82, 2.24) is 14.5 Å². The van der Waals surface area contributed by atoms with Crippen LogP contribution < -0.4 is 5.56 Å². The van der Waals surface area contributed by atoms with Crippen molar-refractivity contribution < 1.29 is 29.0 Å². The van der Waals surface area contributed by atoms with Crippen LogP contribution in [0.25, 0.3) is 11.0 Å². The Labute approximate surface area is 209 Å². The standard InChI is InChI=1S/C27H20FN3O6/c28-17-8-6-15(7-9-17)12-16-13-20-22(29-14-16)23(32)21(27(36)37)26(35)30(20)10-3-11-31-24(33)18-4-1-2-5-19(18)25(31)34/h1-2,4-9,13-14,32H,3,10-12H2,(H,36,37). The van der Waals surface area contributed by atoms with E-state index in [0.29, 0.717) is 23.1 Å². The zero-order valence-electron chi connectivity index (χ0n) is 19.3. The molecule has 186 valence electrons. The largest absolute Gasteiger partial charge is 0.505 e. The molecule has 9 nitrogen and oxygen atoms in total. The summed E-state index contributed by atoms with van der Waals surface area (Å²) in [6.45, 7) is -0.0305. The summed E-state index contributed by atoms with van der Waals surface area (Å²) >= 11 is 0. The maximum atomic E-state index is 13.3. The number of aromatic nitrogens is 2. The molecule has 2 aromatic carbocycles. The number of carbonyl (C=O) groups is 3. The third kappa shape index (κ3) is 4.22. The summed E-state index contributed by atoms with van der Waals surface area (Å²) in [4.78, 5) is 55.4. The minimum atomic E-state index is -1.60. The molecular formula is C27H20FN3O6. The van der Waals surface area contributed by atoms with Crippen LogP contribution in [0.2, 0.25) is 0 Å². The monoisotopic (exact) mass is 501 g/mol. The van der Waals surface area contributed by atoms with Crippen molar-refractivity contribution >= 4 is 28.8 Å². The number of hydrogen-bond donors (Lipinski definition) is 2. The van der Waals surface area contributed by atoms with Crippen molar-refractivity contribution in [3.05, 3.63) is 105 Å². The second-order valence-electron chi connectivity index (χ2n) is 8.66. The molecule has 0 fully saturated rings. The SMILES string of the molecule is O=C(O)c1c(O)c2ncc(Cc3ccc(F)cc3)cc2n(CCCN2C(=O)c3ccccc3C2=O)c1=O. The summed E-state index contributed by atoms with van der Waals surface area (Å²) in [7, 11) is 0. The summed E-state index contributed by atoms with van der Waals surface area (Å²) in [6.07, 6.45) is 1.96. The van der Waals surface area contributed by atoms with Crippen molar-refractivity contribution in [1.29, 1.82) is 0 Å². The number of fused-ring (bicyclic) bond motifs is 2. The second-order valence-corrected chi connectivity index (χ2v) is 8.66. The smallest absolute Gasteiger partial charge is 0.345 e. The molecule has 4 aromatic rings. The van der Waals surface area contributed by atoms with E-state index in [2.05, 4.69) is 4.98 Å². The van der Waals surface area contributed by atoms with Crippen LogP contribution in [-0.2, 0) is 13.0 Å². The summed E-state index contributed by atoms with van der Waals surface area (Å²) in [6, 6.07) is 14.0. The van der Waals surface area contributed by atoms with Crippen LogP contribution in [0, 0.1) is 5.82 Å². The third-order valence-electron chi connectivity index (χ3n) is 6.31. The average Bonchev–Trinajstić information content (AvgIpc) is 3.12. The highest BCUT2D eigenvalue weighted by atomic mass is 19.1. The van der Waals surface area contributed by atoms with Gasteiger partial charge in [0.15, 0.2) is 11.3 Å². The van der Waals surface area contributed by atoms with Crippen LogP contribution in [0.5, 0.6) is 5.75 Å². The van der Waals surface area contributed by atoms with Gasteiger partial charge in [-0.3, -0.25) is 24.3 Å². The van der Waals surface area contributed by atoms with E-state index in [1.54, 1.807) is 42.5 Å². The number of nitrogens with zero attached hydrogens (tertiary/aromatic N) is 3. The number of hydrogen-bond acceptors (Lipinski definition) is 6. The number of carboxylic acids is 1. The molecule has 0 atom stereocenters. The van der Waals surface area contributed by atoms with Gasteiger partial charge in [-0.15, -0.1) is 0 Å². The number of aromatic carboxylic acids is 1. The molecule has 5 rings (SSSR count). The van der Waals surface area contributed by atoms with Crippen LogP contribution in [0.15, 0.2) is 65.6 Å². The van der Waals surface area contributed by atoms with E-state index in [1.807, 2.05) is 0 Å². The maximum absolute atomic E-state index is 13.3. The first kappa shape index (κ1) is 23.9. The van der Waals surface area contributed by atoms with Gasteiger partial charge in [0.1, 0.15) is 11.3 Å². The highest BCUT2D eigenvalue weighted by Crippen LogP contribution is 2.27. The van der Waals surface area contributed by atoms with Crippen LogP contribution >= 0.6 is 0 Å². The van der Waals surface area contributed by atoms with E-state index in [0.717, 1.165) is 10.5 Å². The Bertz CT molecular complexity index is 1610. The molecule has 0 unspecified atom stereocenters. The summed E-state index contributed by atoms with van der Waals surface area (Å²) in [5.74, 6) is -3.58. The van der Waals surface area contributed by atoms with Gasteiger partial charge < -0.3 is 14.8 Å². The summed E-state index contributed by atoms with van der Waals surface area (Å²) < 4.78 is 14.4. The number of aryl methyl sites for hydroxylation is 1. The molecule has 0 bridgehead atoms. The fraction of sp³-hybridized carbons (Fsp3) is 0.148. The van der Waals surface area contributed by atoms with Crippen LogP contribution in [0.4, 0.5) is 4.39 Å². The molecule has 2 aromatic heterocycles. The first-order valence-electron chi connectivity index (χ1n) is 11.4. The number of pyridine rings is 2. The predicted molar refractivity (Wildman–Crippen MR) is 130 cm³/mol. The van der Waals surface area contributed by atoms with Gasteiger partial charge in [-0.25, -0.2) is 9.18 Å². The average molecular weight is 501 g/mol. The zero-order valence-corrected chi connectivity index (χ0v) is 19.3. The molecule has 0 radical (unpaired) electrons. The van der Waals surface area contributed by atoms with Gasteiger partial charge >= 0.3 is 5.97 Å². The quantitative estimate of drug-likeness (QED) is 0.372. The van der Waals surface area contributed by atoms with E-state index < -0.39 is 34.7 Å². The molecule has 2 amide bonds. The molecular weight excluding hydrogens is 481 g/mol. The Hall–Kier alpha value is -4.86. The second kappa shape index (κ2) is 9.30. The lowest BCUT2D eigenvalue weighted by Crippen LogP contribution is -2.33. The molecule has 3 heterocycles. The van der Waals surface area contributed by atoms with Crippen molar-refractivity contribution in [3.63, 3.8) is 0 Å². The van der Waals surface area contributed by atoms with E-state index >= 15 is 0 Å². The molecule has 0 saturated carbocycles. The van der Waals surface area contributed by atoms with E-state index in [9.17, 15) is 33.8 Å². The van der Waals surface area contributed by atoms with E-state index in [1.165, 1.54) is 22.9 Å². The molecule has 1 aliphatic rings. The Balaban J connectivity index is 1.48. The number of rotatable bonds is 7. The maximum Gasteiger partial charge on any atom is 0.345 e. The first-order valence-corrected chi connectivity index (χ1v) is 11.4. The topological polar surface area (TPSA) is 130 Å². The minimum absolute atomic E-state index is 0.00621. The number of benzene rings is 2. The van der Waals surface area contributed by atoms with Gasteiger partial charge in [0.05, 0.1) is 16.6 Å². The Morgan fingerprint density at radius 1 is 0.919 bits per heavy atom. The van der Waals surface area contributed by atoms with Crippen molar-refractivity contribution in [2.75, 3.05) is 6.54 Å². The zero-order chi connectivity index (χ0) is 26.3. The highest BCUT2D eigenvalue weighted by molar-refractivity contribution is 6.21. The van der Waals surface area contributed by atoms with Gasteiger partial charge in [-0.1, -0.05) is 24.3 Å². The highest BCUT2D eigenvalue weighted by Gasteiger charge is 2.34. The molecule has 10 heteroatoms. The number of imide groups is 1. The predicted octanol–water partition coefficient (Wildman–Crippen LogP) is 3.22. The van der Waals surface area contributed by atoms with Crippen LogP contribution in [-0.4, -0.2) is 49.0 Å². The molecule has 0 aliphatic carbocycles. The van der Waals surface area contributed by atoms with Gasteiger partial charge in [-0.2, -0.15) is 0 Å². The molecule has 0 spiro atoms. The number of carboxylic acid groups (broad SMARTS) is 1. The number of amides is 2. The number of carbonyl (C=O) groups excluding carboxylic acids is 2. The summed E-state index contributed by atoms with van der Waals surface area (Å²) in [5, 5.41) is 20.0. The van der Waals surface area contributed by atoms with Gasteiger partial charge in [0, 0.05) is 19.3 Å². The molecule has 1 aliphatic heterocycles. The first-order chi connectivity index (χ1) is 17.8. The Kier molecular flexibility index (Phi) is 6.00. The molecule has 37 heavy (non-hydrogen) atoms. The van der Waals surface area contributed by atoms with Crippen molar-refractivity contribution in [3.8, 4) is 5.75 Å². The molecule has 2 N–H and O–H groups in total. The fourth-order valence-corrected chi connectivity index (χ4v) is 4.53. The number of aromatic hydroxyl groups is 1. The van der Waals surface area contributed by atoms with Crippen molar-refractivity contribution in [2.45, 2.75) is 19.4 Å². The van der Waals surface area contributed by atoms with Gasteiger partial charge in [-0.05, 0) is 54.3 Å². The normalized spacial score (nSPS) is 12.8. The van der Waals surface area contributed by atoms with Crippen molar-refractivity contribution in [2.24, 2.45) is 0 Å². The lowest BCUT2D eigenvalue weighted by atomic mass is 10.1. The van der Waals surface area contributed by atoms with E-state index in [-0.39, 0.29) is 36.4 Å². The summed E-state index contributed by atoms with van der Waals surface area (Å²) in [5.41, 5.74) is 0.441. The Morgan fingerprint density at radius 2 is 1.57 bits per heavy atom.